The molecule has 0 spiro atoms. The molecule has 1 aliphatic rings. The van der Waals surface area contributed by atoms with E-state index in [1.807, 2.05) is 0 Å². The highest BCUT2D eigenvalue weighted by Gasteiger charge is 2.36. The number of carbonyl (C=O) groups excluding carboxylic acids is 1. The molecule has 0 saturated carbocycles. The van der Waals surface area contributed by atoms with Crippen LogP contribution in [0.25, 0.3) is 0 Å². The fourth-order valence-corrected chi connectivity index (χ4v) is 1.67. The van der Waals surface area contributed by atoms with Crippen LogP contribution in [-0.4, -0.2) is 30.5 Å². The molecule has 0 aromatic heterocycles. The Labute approximate surface area is 96.9 Å². The SMILES string of the molecule is COc1ccc([N+](=O)[O-])cc1N1CC(N)C1=O. The molecule has 1 fully saturated rings. The normalized spacial score (nSPS) is 18.8. The van der Waals surface area contributed by atoms with Gasteiger partial charge in [-0.05, 0) is 6.07 Å². The molecule has 1 aliphatic heterocycles. The monoisotopic (exact) mass is 237 g/mol. The highest BCUT2D eigenvalue weighted by atomic mass is 16.6. The van der Waals surface area contributed by atoms with Gasteiger partial charge in [0.1, 0.15) is 11.8 Å². The third kappa shape index (κ3) is 1.80. The van der Waals surface area contributed by atoms with Crippen LogP contribution in [0.4, 0.5) is 11.4 Å². The van der Waals surface area contributed by atoms with Crippen LogP contribution in [0.3, 0.4) is 0 Å². The van der Waals surface area contributed by atoms with Gasteiger partial charge in [0.15, 0.2) is 0 Å². The minimum absolute atomic E-state index is 0.0888. The maximum Gasteiger partial charge on any atom is 0.271 e. The highest BCUT2D eigenvalue weighted by molar-refractivity contribution is 6.05. The second kappa shape index (κ2) is 4.02. The lowest BCUT2D eigenvalue weighted by molar-refractivity contribution is -0.384. The van der Waals surface area contributed by atoms with E-state index in [0.717, 1.165) is 0 Å². The minimum Gasteiger partial charge on any atom is -0.495 e. The number of benzene rings is 1. The molecule has 2 rings (SSSR count). The average Bonchev–Trinajstić information content (AvgIpc) is 2.34. The first-order chi connectivity index (χ1) is 8.04. The standard InChI is InChI=1S/C10H11N3O4/c1-17-9-3-2-6(13(15)16)4-8(9)12-5-7(11)10(12)14/h2-4,7H,5,11H2,1H3. The third-order valence-corrected chi connectivity index (χ3v) is 2.63. The number of nitrogens with zero attached hydrogens (tertiary/aromatic N) is 2. The van der Waals surface area contributed by atoms with E-state index in [0.29, 0.717) is 18.0 Å². The molecule has 1 saturated heterocycles. The van der Waals surface area contributed by atoms with Gasteiger partial charge in [-0.3, -0.25) is 14.9 Å². The number of amides is 1. The summed E-state index contributed by atoms with van der Waals surface area (Å²) >= 11 is 0. The van der Waals surface area contributed by atoms with Crippen LogP contribution in [0.1, 0.15) is 0 Å². The second-order valence-electron chi connectivity index (χ2n) is 3.67. The zero-order valence-electron chi connectivity index (χ0n) is 9.12. The number of β-lactam (4-membered cyclic amide) rings is 1. The summed E-state index contributed by atoms with van der Waals surface area (Å²) in [4.78, 5) is 23.0. The fraction of sp³-hybridized carbons (Fsp3) is 0.300. The quantitative estimate of drug-likeness (QED) is 0.462. The Bertz CT molecular complexity index is 488. The number of non-ortho nitro benzene ring substituents is 1. The summed E-state index contributed by atoms with van der Waals surface area (Å²) in [5, 5.41) is 10.7. The van der Waals surface area contributed by atoms with Crippen LogP contribution in [0.2, 0.25) is 0 Å². The fourth-order valence-electron chi connectivity index (χ4n) is 1.67. The van der Waals surface area contributed by atoms with Crippen LogP contribution < -0.4 is 15.4 Å². The summed E-state index contributed by atoms with van der Waals surface area (Å²) in [7, 11) is 1.44. The van der Waals surface area contributed by atoms with E-state index in [2.05, 4.69) is 0 Å². The largest absolute Gasteiger partial charge is 0.495 e. The summed E-state index contributed by atoms with van der Waals surface area (Å²) in [5.41, 5.74) is 5.77. The zero-order valence-corrected chi connectivity index (χ0v) is 9.12. The Morgan fingerprint density at radius 1 is 1.59 bits per heavy atom. The molecule has 1 atom stereocenters. The van der Waals surface area contributed by atoms with E-state index in [-0.39, 0.29) is 11.6 Å². The topological polar surface area (TPSA) is 98.7 Å². The maximum atomic E-state index is 11.5. The number of nitrogens with two attached hydrogens (primary N) is 1. The minimum atomic E-state index is -0.529. The number of hydrogen-bond donors (Lipinski definition) is 1. The van der Waals surface area contributed by atoms with Gasteiger partial charge >= 0.3 is 0 Å². The van der Waals surface area contributed by atoms with Gasteiger partial charge in [-0.2, -0.15) is 0 Å². The molecule has 1 aromatic carbocycles. The van der Waals surface area contributed by atoms with Crippen molar-refractivity contribution in [2.75, 3.05) is 18.6 Å². The molecule has 1 heterocycles. The van der Waals surface area contributed by atoms with Crippen molar-refractivity contribution in [2.45, 2.75) is 6.04 Å². The van der Waals surface area contributed by atoms with E-state index >= 15 is 0 Å². The highest BCUT2D eigenvalue weighted by Crippen LogP contribution is 2.34. The van der Waals surface area contributed by atoms with Crippen molar-refractivity contribution in [3.8, 4) is 5.75 Å². The average molecular weight is 237 g/mol. The summed E-state index contributed by atoms with van der Waals surface area (Å²) in [6.45, 7) is 0.344. The lowest BCUT2D eigenvalue weighted by Gasteiger charge is -2.36. The van der Waals surface area contributed by atoms with Crippen molar-refractivity contribution in [1.29, 1.82) is 0 Å². The molecule has 7 nitrogen and oxygen atoms in total. The number of nitro benzene ring substituents is 1. The second-order valence-corrected chi connectivity index (χ2v) is 3.67. The summed E-state index contributed by atoms with van der Waals surface area (Å²) < 4.78 is 5.06. The molecule has 1 aromatic rings. The molecule has 7 heteroatoms. The number of carbonyl (C=O) groups is 1. The zero-order chi connectivity index (χ0) is 12.6. The van der Waals surface area contributed by atoms with Gasteiger partial charge in [0.05, 0.1) is 24.3 Å². The first-order valence-corrected chi connectivity index (χ1v) is 4.94. The van der Waals surface area contributed by atoms with Crippen LogP contribution in [0.15, 0.2) is 18.2 Å². The molecule has 1 unspecified atom stereocenters. The molecule has 17 heavy (non-hydrogen) atoms. The van der Waals surface area contributed by atoms with Crippen molar-refractivity contribution < 1.29 is 14.5 Å². The van der Waals surface area contributed by atoms with Crippen LogP contribution >= 0.6 is 0 Å². The van der Waals surface area contributed by atoms with E-state index in [4.69, 9.17) is 10.5 Å². The Morgan fingerprint density at radius 2 is 2.29 bits per heavy atom. The molecule has 90 valence electrons. The van der Waals surface area contributed by atoms with E-state index in [1.165, 1.54) is 30.2 Å². The van der Waals surface area contributed by atoms with Crippen molar-refractivity contribution in [3.63, 3.8) is 0 Å². The number of rotatable bonds is 3. The maximum absolute atomic E-state index is 11.5. The van der Waals surface area contributed by atoms with Crippen molar-refractivity contribution in [3.05, 3.63) is 28.3 Å². The van der Waals surface area contributed by atoms with Gasteiger partial charge in [-0.1, -0.05) is 0 Å². The lowest BCUT2D eigenvalue weighted by atomic mass is 10.1. The van der Waals surface area contributed by atoms with Gasteiger partial charge in [-0.25, -0.2) is 0 Å². The Balaban J connectivity index is 2.40. The number of methoxy groups -OCH3 is 1. The van der Waals surface area contributed by atoms with E-state index in [9.17, 15) is 14.9 Å². The van der Waals surface area contributed by atoms with Gasteiger partial charge in [0.2, 0.25) is 5.91 Å². The summed E-state index contributed by atoms with van der Waals surface area (Å²) in [6.07, 6.45) is 0. The number of hydrogen-bond acceptors (Lipinski definition) is 5. The van der Waals surface area contributed by atoms with Crippen molar-refractivity contribution in [1.82, 2.24) is 0 Å². The smallest absolute Gasteiger partial charge is 0.271 e. The predicted octanol–water partition coefficient (Wildman–Crippen LogP) is 0.277. The van der Waals surface area contributed by atoms with Crippen molar-refractivity contribution in [2.24, 2.45) is 5.73 Å². The number of anilines is 1. The molecule has 0 bridgehead atoms. The molecule has 0 aliphatic carbocycles. The number of ether oxygens (including phenoxy) is 1. The van der Waals surface area contributed by atoms with Gasteiger partial charge in [0, 0.05) is 12.1 Å². The Kier molecular flexibility index (Phi) is 2.68. The number of nitro groups is 1. The van der Waals surface area contributed by atoms with E-state index < -0.39 is 11.0 Å². The van der Waals surface area contributed by atoms with Crippen LogP contribution in [0.5, 0.6) is 5.75 Å². The first-order valence-electron chi connectivity index (χ1n) is 4.94. The van der Waals surface area contributed by atoms with Crippen molar-refractivity contribution >= 4 is 17.3 Å². The van der Waals surface area contributed by atoms with Gasteiger partial charge in [0.25, 0.3) is 5.69 Å². The van der Waals surface area contributed by atoms with Crippen LogP contribution in [-0.2, 0) is 4.79 Å². The van der Waals surface area contributed by atoms with Gasteiger partial charge in [-0.15, -0.1) is 0 Å². The van der Waals surface area contributed by atoms with Gasteiger partial charge < -0.3 is 15.4 Å². The van der Waals surface area contributed by atoms with E-state index in [1.54, 1.807) is 0 Å². The molecular formula is C10H11N3O4. The summed E-state index contributed by atoms with van der Waals surface area (Å²) in [6, 6.07) is 3.57. The predicted molar refractivity (Wildman–Crippen MR) is 60.0 cm³/mol. The molecular weight excluding hydrogens is 226 g/mol. The molecule has 2 N–H and O–H groups in total. The first kappa shape index (κ1) is 11.3. The third-order valence-electron chi connectivity index (χ3n) is 2.63. The molecule has 1 amide bonds. The molecule has 0 radical (unpaired) electrons. The summed E-state index contributed by atoms with van der Waals surface area (Å²) in [5.74, 6) is 0.152. The Morgan fingerprint density at radius 3 is 2.76 bits per heavy atom. The lowest BCUT2D eigenvalue weighted by Crippen LogP contribution is -2.61. The Hall–Kier alpha value is -2.15. The van der Waals surface area contributed by atoms with Crippen LogP contribution in [0, 0.1) is 10.1 Å².